The molecule has 0 bridgehead atoms. The average Bonchev–Trinajstić information content (AvgIpc) is 3.27. The Bertz CT molecular complexity index is 921. The Labute approximate surface area is 207 Å². The predicted octanol–water partition coefficient (Wildman–Crippen LogP) is 6.06. The molecular formula is C27H35ClN2O2S. The van der Waals surface area contributed by atoms with Crippen molar-refractivity contribution < 1.29 is 9.59 Å². The molecule has 3 rings (SSSR count). The summed E-state index contributed by atoms with van der Waals surface area (Å²) in [5.41, 5.74) is 4.66. The number of rotatable bonds is 10. The molecule has 0 unspecified atom stereocenters. The van der Waals surface area contributed by atoms with Crippen LogP contribution in [0.3, 0.4) is 0 Å². The Kier molecular flexibility index (Phi) is 9.69. The molecule has 0 aromatic heterocycles. The van der Waals surface area contributed by atoms with Gasteiger partial charge in [0.05, 0.1) is 5.75 Å². The quantitative estimate of drug-likeness (QED) is 0.444. The van der Waals surface area contributed by atoms with Crippen molar-refractivity contribution >= 4 is 35.2 Å². The van der Waals surface area contributed by atoms with Gasteiger partial charge in [0.1, 0.15) is 6.04 Å². The molecule has 1 N–H and O–H groups in total. The summed E-state index contributed by atoms with van der Waals surface area (Å²) in [6.45, 7) is 6.56. The zero-order valence-electron chi connectivity index (χ0n) is 19.9. The van der Waals surface area contributed by atoms with E-state index in [2.05, 4.69) is 37.4 Å². The molecule has 33 heavy (non-hydrogen) atoms. The first-order valence-corrected chi connectivity index (χ1v) is 13.4. The summed E-state index contributed by atoms with van der Waals surface area (Å²) in [6.07, 6.45) is 4.95. The van der Waals surface area contributed by atoms with Gasteiger partial charge in [0.15, 0.2) is 0 Å². The molecule has 6 heteroatoms. The molecule has 0 heterocycles. The SMILES string of the molecule is CC[C@H](C(=O)NC1CCCC1)N(Cc1ccc(Cl)cc1)C(=O)CSCc1cc(C)cc(C)c1. The van der Waals surface area contributed by atoms with Crippen molar-refractivity contribution in [1.82, 2.24) is 10.2 Å². The van der Waals surface area contributed by atoms with E-state index < -0.39 is 6.04 Å². The van der Waals surface area contributed by atoms with E-state index in [9.17, 15) is 9.59 Å². The molecule has 1 aliphatic carbocycles. The maximum atomic E-state index is 13.4. The zero-order chi connectivity index (χ0) is 23.8. The third kappa shape index (κ3) is 7.79. The Morgan fingerprint density at radius 2 is 1.70 bits per heavy atom. The van der Waals surface area contributed by atoms with E-state index in [0.29, 0.717) is 23.7 Å². The molecule has 1 fully saturated rings. The molecule has 2 amide bonds. The topological polar surface area (TPSA) is 49.4 Å². The fraction of sp³-hybridized carbons (Fsp3) is 0.481. The van der Waals surface area contributed by atoms with Crippen LogP contribution in [0, 0.1) is 13.8 Å². The number of benzene rings is 2. The van der Waals surface area contributed by atoms with Crippen LogP contribution in [0.5, 0.6) is 0 Å². The average molecular weight is 487 g/mol. The molecule has 4 nitrogen and oxygen atoms in total. The van der Waals surface area contributed by atoms with Crippen molar-refractivity contribution in [2.24, 2.45) is 0 Å². The van der Waals surface area contributed by atoms with Crippen molar-refractivity contribution in [2.45, 2.75) is 77.3 Å². The number of carbonyl (C=O) groups excluding carboxylic acids is 2. The molecular weight excluding hydrogens is 452 g/mol. The van der Waals surface area contributed by atoms with Crippen molar-refractivity contribution in [2.75, 3.05) is 5.75 Å². The maximum Gasteiger partial charge on any atom is 0.243 e. The lowest BCUT2D eigenvalue weighted by Crippen LogP contribution is -2.51. The summed E-state index contributed by atoms with van der Waals surface area (Å²) in [6, 6.07) is 13.7. The minimum absolute atomic E-state index is 0.00672. The standard InChI is InChI=1S/C27H35ClN2O2S/c1-4-25(27(32)29-24-7-5-6-8-24)30(16-21-9-11-23(28)12-10-21)26(31)18-33-17-22-14-19(2)13-20(3)15-22/h9-15,24-25H,4-8,16-18H2,1-3H3,(H,29,32)/t25-/m1/s1. The van der Waals surface area contributed by atoms with Crippen LogP contribution in [-0.4, -0.2) is 34.6 Å². The van der Waals surface area contributed by atoms with E-state index in [1.807, 2.05) is 31.2 Å². The third-order valence-electron chi connectivity index (χ3n) is 6.13. The maximum absolute atomic E-state index is 13.4. The minimum Gasteiger partial charge on any atom is -0.352 e. The summed E-state index contributed by atoms with van der Waals surface area (Å²) < 4.78 is 0. The number of halogens is 1. The summed E-state index contributed by atoms with van der Waals surface area (Å²) in [7, 11) is 0. The summed E-state index contributed by atoms with van der Waals surface area (Å²) in [5.74, 6) is 1.07. The van der Waals surface area contributed by atoms with E-state index in [-0.39, 0.29) is 17.9 Å². The van der Waals surface area contributed by atoms with Crippen molar-refractivity contribution in [1.29, 1.82) is 0 Å². The van der Waals surface area contributed by atoms with Gasteiger partial charge in [-0.25, -0.2) is 0 Å². The van der Waals surface area contributed by atoms with Gasteiger partial charge in [-0.3, -0.25) is 9.59 Å². The number of thioether (sulfide) groups is 1. The van der Waals surface area contributed by atoms with Crippen molar-refractivity contribution in [3.05, 3.63) is 69.7 Å². The summed E-state index contributed by atoms with van der Waals surface area (Å²) >= 11 is 7.65. The van der Waals surface area contributed by atoms with Gasteiger partial charge in [-0.1, -0.05) is 72.8 Å². The molecule has 0 spiro atoms. The number of hydrogen-bond acceptors (Lipinski definition) is 3. The second kappa shape index (κ2) is 12.5. The van der Waals surface area contributed by atoms with Crippen molar-refractivity contribution in [3.63, 3.8) is 0 Å². The molecule has 0 aliphatic heterocycles. The largest absolute Gasteiger partial charge is 0.352 e. The van der Waals surface area contributed by atoms with Crippen LogP contribution in [0.25, 0.3) is 0 Å². The Morgan fingerprint density at radius 1 is 1.06 bits per heavy atom. The van der Waals surface area contributed by atoms with Gasteiger partial charge in [-0.15, -0.1) is 11.8 Å². The number of aryl methyl sites for hydroxylation is 2. The van der Waals surface area contributed by atoms with Crippen LogP contribution >= 0.6 is 23.4 Å². The van der Waals surface area contributed by atoms with Crippen LogP contribution < -0.4 is 5.32 Å². The molecule has 0 radical (unpaired) electrons. The predicted molar refractivity (Wildman–Crippen MR) is 139 cm³/mol. The fourth-order valence-corrected chi connectivity index (χ4v) is 5.54. The van der Waals surface area contributed by atoms with Gasteiger partial charge >= 0.3 is 0 Å². The monoisotopic (exact) mass is 486 g/mol. The van der Waals surface area contributed by atoms with Crippen molar-refractivity contribution in [3.8, 4) is 0 Å². The normalized spacial score (nSPS) is 14.8. The molecule has 1 saturated carbocycles. The van der Waals surface area contributed by atoms with E-state index in [4.69, 9.17) is 11.6 Å². The second-order valence-corrected chi connectivity index (χ2v) is 10.5. The van der Waals surface area contributed by atoms with Gasteiger partial charge in [-0.05, 0) is 56.4 Å². The first-order chi connectivity index (χ1) is 15.9. The zero-order valence-corrected chi connectivity index (χ0v) is 21.5. The molecule has 0 saturated heterocycles. The van der Waals surface area contributed by atoms with Crippen LogP contribution in [0.15, 0.2) is 42.5 Å². The van der Waals surface area contributed by atoms with E-state index in [0.717, 1.165) is 37.0 Å². The van der Waals surface area contributed by atoms with Gasteiger partial charge in [-0.2, -0.15) is 0 Å². The van der Waals surface area contributed by atoms with E-state index in [1.54, 1.807) is 16.7 Å². The number of hydrogen-bond donors (Lipinski definition) is 1. The molecule has 2 aromatic carbocycles. The third-order valence-corrected chi connectivity index (χ3v) is 7.37. The molecule has 1 atom stereocenters. The highest BCUT2D eigenvalue weighted by molar-refractivity contribution is 7.99. The van der Waals surface area contributed by atoms with Gasteiger partial charge < -0.3 is 10.2 Å². The Morgan fingerprint density at radius 3 is 2.30 bits per heavy atom. The first-order valence-electron chi connectivity index (χ1n) is 11.8. The van der Waals surface area contributed by atoms with Gasteiger partial charge in [0.25, 0.3) is 0 Å². The van der Waals surface area contributed by atoms with E-state index in [1.165, 1.54) is 16.7 Å². The molecule has 2 aromatic rings. The number of nitrogens with one attached hydrogen (secondary N) is 1. The Balaban J connectivity index is 1.70. The lowest BCUT2D eigenvalue weighted by atomic mass is 10.1. The number of carbonyl (C=O) groups is 2. The summed E-state index contributed by atoms with van der Waals surface area (Å²) in [5, 5.41) is 3.85. The second-order valence-electron chi connectivity index (χ2n) is 9.05. The highest BCUT2D eigenvalue weighted by atomic mass is 35.5. The van der Waals surface area contributed by atoms with E-state index >= 15 is 0 Å². The lowest BCUT2D eigenvalue weighted by Gasteiger charge is -2.31. The van der Waals surface area contributed by atoms with Crippen LogP contribution in [0.1, 0.15) is 61.3 Å². The lowest BCUT2D eigenvalue weighted by molar-refractivity contribution is -0.139. The number of nitrogens with zero attached hydrogens (tertiary/aromatic N) is 1. The highest BCUT2D eigenvalue weighted by Gasteiger charge is 2.30. The fourth-order valence-electron chi connectivity index (χ4n) is 4.56. The van der Waals surface area contributed by atoms with Crippen LogP contribution in [0.4, 0.5) is 0 Å². The van der Waals surface area contributed by atoms with Gasteiger partial charge in [0, 0.05) is 23.4 Å². The minimum atomic E-state index is -0.476. The number of amides is 2. The summed E-state index contributed by atoms with van der Waals surface area (Å²) in [4.78, 5) is 28.3. The van der Waals surface area contributed by atoms with Gasteiger partial charge in [0.2, 0.25) is 11.8 Å². The Hall–Kier alpha value is -1.98. The smallest absolute Gasteiger partial charge is 0.243 e. The first kappa shape index (κ1) is 25.6. The van der Waals surface area contributed by atoms with Crippen LogP contribution in [0.2, 0.25) is 5.02 Å². The molecule has 178 valence electrons. The highest BCUT2D eigenvalue weighted by Crippen LogP contribution is 2.21. The molecule has 1 aliphatic rings. The van der Waals surface area contributed by atoms with Crippen LogP contribution in [-0.2, 0) is 21.9 Å².